The summed E-state index contributed by atoms with van der Waals surface area (Å²) in [5.41, 5.74) is 1.67. The largest absolute Gasteiger partial charge is 0.235 e. The van der Waals surface area contributed by atoms with Gasteiger partial charge >= 0.3 is 0 Å². The molecule has 0 aromatic rings. The van der Waals surface area contributed by atoms with Crippen LogP contribution in [0.4, 0.5) is 0 Å². The molecule has 2 saturated carbocycles. The predicted octanol–water partition coefficient (Wildman–Crippen LogP) is 2.08. The second-order valence-electron chi connectivity index (χ2n) is 3.95. The summed E-state index contributed by atoms with van der Waals surface area (Å²) in [5.74, 6) is 0. The average Bonchev–Trinajstić information content (AvgIpc) is 2.48. The van der Waals surface area contributed by atoms with Crippen molar-refractivity contribution in [2.24, 2.45) is 9.81 Å². The Morgan fingerprint density at radius 1 is 1.33 bits per heavy atom. The van der Waals surface area contributed by atoms with Crippen LogP contribution in [0.3, 0.4) is 0 Å². The molecule has 0 aromatic heterocycles. The van der Waals surface area contributed by atoms with E-state index in [4.69, 9.17) is 0 Å². The van der Waals surface area contributed by atoms with E-state index in [1.54, 1.807) is 6.26 Å². The third-order valence-corrected chi connectivity index (χ3v) is 3.73. The minimum Gasteiger partial charge on any atom is -0.235 e. The van der Waals surface area contributed by atoms with Gasteiger partial charge in [-0.05, 0) is 25.7 Å². The van der Waals surface area contributed by atoms with Crippen LogP contribution in [0.25, 0.3) is 0 Å². The van der Waals surface area contributed by atoms with E-state index in [9.17, 15) is 4.21 Å². The molecule has 2 fully saturated rings. The van der Waals surface area contributed by atoms with E-state index in [1.165, 1.54) is 37.8 Å². The van der Waals surface area contributed by atoms with Crippen LogP contribution in [0.1, 0.15) is 38.5 Å². The smallest absolute Gasteiger partial charge is 0.136 e. The van der Waals surface area contributed by atoms with E-state index in [0.717, 1.165) is 6.42 Å². The second-order valence-corrected chi connectivity index (χ2v) is 4.98. The molecule has 2 rings (SSSR count). The minimum absolute atomic E-state index is 0.422. The normalized spacial score (nSPS) is 32.2. The first-order chi connectivity index (χ1) is 5.73. The molecule has 2 nitrogen and oxygen atoms in total. The average molecular weight is 185 g/mol. The first-order valence-corrected chi connectivity index (χ1v) is 6.16. The van der Waals surface area contributed by atoms with Crippen molar-refractivity contribution in [3.05, 3.63) is 0 Å². The highest BCUT2D eigenvalue weighted by molar-refractivity contribution is 7.83. The molecule has 0 radical (unpaired) electrons. The van der Waals surface area contributed by atoms with Crippen LogP contribution < -0.4 is 0 Å². The minimum atomic E-state index is -0.978. The van der Waals surface area contributed by atoms with Gasteiger partial charge in [-0.3, -0.25) is 0 Å². The Hall–Kier alpha value is -0.180. The Bertz CT molecular complexity index is 241. The van der Waals surface area contributed by atoms with E-state index in [1.807, 2.05) is 0 Å². The summed E-state index contributed by atoms with van der Waals surface area (Å²) in [5, 5.41) is 0. The van der Waals surface area contributed by atoms with Crippen molar-refractivity contribution < 1.29 is 4.21 Å². The SMILES string of the molecule is CS(=O)/N=C1\CCC12CCCC2. The van der Waals surface area contributed by atoms with Gasteiger partial charge in [0.05, 0.1) is 0 Å². The molecule has 0 aromatic carbocycles. The van der Waals surface area contributed by atoms with Gasteiger partial charge in [0, 0.05) is 17.4 Å². The van der Waals surface area contributed by atoms with Crippen LogP contribution in [0.2, 0.25) is 0 Å². The third-order valence-electron chi connectivity index (χ3n) is 3.25. The molecule has 68 valence electrons. The first-order valence-electron chi connectivity index (χ1n) is 4.65. The number of rotatable bonds is 1. The van der Waals surface area contributed by atoms with Gasteiger partial charge in [-0.2, -0.15) is 4.40 Å². The summed E-state index contributed by atoms with van der Waals surface area (Å²) >= 11 is 0. The van der Waals surface area contributed by atoms with Gasteiger partial charge in [-0.25, -0.2) is 4.21 Å². The third kappa shape index (κ3) is 1.24. The molecule has 0 N–H and O–H groups in total. The fourth-order valence-corrected chi connectivity index (χ4v) is 3.07. The van der Waals surface area contributed by atoms with Gasteiger partial charge in [-0.1, -0.05) is 12.8 Å². The maximum atomic E-state index is 10.9. The Balaban J connectivity index is 2.14. The molecule has 1 atom stereocenters. The van der Waals surface area contributed by atoms with Gasteiger partial charge in [0.25, 0.3) is 0 Å². The summed E-state index contributed by atoms with van der Waals surface area (Å²) in [6.45, 7) is 0. The van der Waals surface area contributed by atoms with Crippen molar-refractivity contribution in [1.82, 2.24) is 0 Å². The maximum Gasteiger partial charge on any atom is 0.136 e. The molecule has 0 amide bonds. The van der Waals surface area contributed by atoms with E-state index in [2.05, 4.69) is 4.40 Å². The zero-order valence-electron chi connectivity index (χ0n) is 7.51. The fourth-order valence-electron chi connectivity index (χ4n) is 2.48. The second kappa shape index (κ2) is 2.95. The standard InChI is InChI=1S/C9H15NOS/c1-12(11)10-8-4-7-9(8)5-2-3-6-9/h2-7H2,1H3/b10-8+. The number of hydrogen-bond acceptors (Lipinski definition) is 1. The Labute approximate surface area is 76.1 Å². The zero-order valence-corrected chi connectivity index (χ0v) is 8.32. The van der Waals surface area contributed by atoms with Gasteiger partial charge < -0.3 is 0 Å². The lowest BCUT2D eigenvalue weighted by Crippen LogP contribution is -2.38. The lowest BCUT2D eigenvalue weighted by Gasteiger charge is -2.39. The van der Waals surface area contributed by atoms with Crippen molar-refractivity contribution >= 4 is 16.7 Å². The van der Waals surface area contributed by atoms with Crippen LogP contribution in [0, 0.1) is 5.41 Å². The van der Waals surface area contributed by atoms with Crippen molar-refractivity contribution in [3.8, 4) is 0 Å². The highest BCUT2D eigenvalue weighted by Crippen LogP contribution is 2.51. The van der Waals surface area contributed by atoms with Crippen LogP contribution in [-0.4, -0.2) is 16.2 Å². The Morgan fingerprint density at radius 3 is 2.42 bits per heavy atom. The van der Waals surface area contributed by atoms with Gasteiger partial charge in [0.1, 0.15) is 11.0 Å². The van der Waals surface area contributed by atoms with Crippen LogP contribution >= 0.6 is 0 Å². The molecule has 2 aliphatic carbocycles. The molecule has 12 heavy (non-hydrogen) atoms. The van der Waals surface area contributed by atoms with Crippen LogP contribution in [0.15, 0.2) is 4.40 Å². The molecule has 1 spiro atoms. The maximum absolute atomic E-state index is 10.9. The van der Waals surface area contributed by atoms with Gasteiger partial charge in [0.2, 0.25) is 0 Å². The topological polar surface area (TPSA) is 29.4 Å². The summed E-state index contributed by atoms with van der Waals surface area (Å²) in [6.07, 6.45) is 9.33. The summed E-state index contributed by atoms with van der Waals surface area (Å²) in [4.78, 5) is 0. The van der Waals surface area contributed by atoms with E-state index in [-0.39, 0.29) is 0 Å². The monoisotopic (exact) mass is 185 g/mol. The quantitative estimate of drug-likeness (QED) is 0.615. The van der Waals surface area contributed by atoms with Crippen molar-refractivity contribution in [2.75, 3.05) is 6.26 Å². The lowest BCUT2D eigenvalue weighted by molar-refractivity contribution is 0.341. The summed E-state index contributed by atoms with van der Waals surface area (Å²) in [6, 6.07) is 0. The fraction of sp³-hybridized carbons (Fsp3) is 0.889. The predicted molar refractivity (Wildman–Crippen MR) is 51.6 cm³/mol. The molecular weight excluding hydrogens is 170 g/mol. The zero-order chi connectivity index (χ0) is 8.60. The number of nitrogens with zero attached hydrogens (tertiary/aromatic N) is 1. The van der Waals surface area contributed by atoms with Crippen molar-refractivity contribution in [2.45, 2.75) is 38.5 Å². The van der Waals surface area contributed by atoms with Gasteiger partial charge in [0.15, 0.2) is 0 Å². The summed E-state index contributed by atoms with van der Waals surface area (Å²) in [7, 11) is -0.978. The van der Waals surface area contributed by atoms with Crippen molar-refractivity contribution in [3.63, 3.8) is 0 Å². The van der Waals surface area contributed by atoms with Crippen LogP contribution in [0.5, 0.6) is 0 Å². The molecule has 0 heterocycles. The Morgan fingerprint density at radius 2 is 2.00 bits per heavy atom. The summed E-state index contributed by atoms with van der Waals surface area (Å²) < 4.78 is 15.1. The van der Waals surface area contributed by atoms with E-state index >= 15 is 0 Å². The van der Waals surface area contributed by atoms with Gasteiger partial charge in [-0.15, -0.1) is 0 Å². The number of hydrogen-bond donors (Lipinski definition) is 0. The highest BCUT2D eigenvalue weighted by atomic mass is 32.2. The first kappa shape index (κ1) is 8.42. The lowest BCUT2D eigenvalue weighted by atomic mass is 9.66. The Kier molecular flexibility index (Phi) is 2.07. The molecule has 0 bridgehead atoms. The molecule has 1 unspecified atom stereocenters. The highest BCUT2D eigenvalue weighted by Gasteiger charge is 2.45. The molecule has 0 aliphatic heterocycles. The molecule has 0 saturated heterocycles. The van der Waals surface area contributed by atoms with E-state index in [0.29, 0.717) is 5.41 Å². The molecule has 3 heteroatoms. The molecule has 2 aliphatic rings. The van der Waals surface area contributed by atoms with Crippen LogP contribution in [-0.2, 0) is 11.0 Å². The van der Waals surface area contributed by atoms with E-state index < -0.39 is 11.0 Å². The van der Waals surface area contributed by atoms with Crippen molar-refractivity contribution in [1.29, 1.82) is 0 Å². The molecular formula is C9H15NOS.